The lowest BCUT2D eigenvalue weighted by molar-refractivity contribution is 0.0723. The number of hydrogen-bond acceptors (Lipinski definition) is 8. The van der Waals surface area contributed by atoms with E-state index < -0.39 is 24.1 Å². The van der Waals surface area contributed by atoms with Crippen LogP contribution in [0.1, 0.15) is 38.4 Å². The fraction of sp³-hybridized carbons (Fsp3) is 0.0690. The zero-order chi connectivity index (χ0) is 29.1. The first-order valence-corrected chi connectivity index (χ1v) is 12.6. The Morgan fingerprint density at radius 1 is 0.805 bits per heavy atom. The number of aromatic nitrogens is 3. The molecular weight excluding hydrogens is 579 g/mol. The van der Waals surface area contributed by atoms with Crippen molar-refractivity contribution in [2.45, 2.75) is 13.3 Å². The summed E-state index contributed by atoms with van der Waals surface area (Å²) in [5, 5.41) is -0.0897. The average molecular weight is 596 g/mol. The second-order valence-electron chi connectivity index (χ2n) is 8.49. The Morgan fingerprint density at radius 3 is 2.29 bits per heavy atom. The van der Waals surface area contributed by atoms with Gasteiger partial charge in [0.15, 0.2) is 0 Å². The Balaban J connectivity index is 1.55. The first kappa shape index (κ1) is 27.9. The summed E-state index contributed by atoms with van der Waals surface area (Å²) in [6.45, 7) is 1.62. The maximum absolute atomic E-state index is 13.7. The number of esters is 2. The molecule has 3 heterocycles. The number of benzene rings is 2. The van der Waals surface area contributed by atoms with E-state index in [4.69, 9.17) is 37.4 Å². The average Bonchev–Trinajstić information content (AvgIpc) is 2.94. The Kier molecular flexibility index (Phi) is 8.04. The number of carbonyl (C=O) groups excluding carboxylic acids is 2. The van der Waals surface area contributed by atoms with Crippen LogP contribution < -0.4 is 14.2 Å². The number of fused-ring (bicyclic) bond motifs is 1. The highest BCUT2D eigenvalue weighted by molar-refractivity contribution is 6.33. The zero-order valence-corrected chi connectivity index (χ0v) is 22.5. The van der Waals surface area contributed by atoms with Gasteiger partial charge in [-0.15, -0.1) is 0 Å². The molecule has 2 aromatic carbocycles. The highest BCUT2D eigenvalue weighted by Crippen LogP contribution is 2.37. The van der Waals surface area contributed by atoms with Gasteiger partial charge in [-0.3, -0.25) is 0 Å². The van der Waals surface area contributed by atoms with Crippen LogP contribution in [0.4, 0.5) is 8.78 Å². The van der Waals surface area contributed by atoms with Gasteiger partial charge in [-0.25, -0.2) is 33.3 Å². The molecule has 0 bridgehead atoms. The van der Waals surface area contributed by atoms with Crippen molar-refractivity contribution in [2.24, 2.45) is 0 Å². The quantitative estimate of drug-likeness (QED) is 0.107. The van der Waals surface area contributed by atoms with Gasteiger partial charge in [0.25, 0.3) is 6.43 Å². The van der Waals surface area contributed by atoms with Gasteiger partial charge >= 0.3 is 11.9 Å². The standard InChI is InChI=1S/C29H17Cl2F2N3O5/c1-15-12-17(39-21-9-11-35-26(31)23(21)29(38)40-16-6-3-2-4-7-16)13-19-22(14-20(27(32)33)36-24(15)19)41-28(37)18-8-5-10-34-25(18)30/h2-14,27H,1H3. The summed E-state index contributed by atoms with van der Waals surface area (Å²) in [6, 6.07) is 16.5. The Hall–Kier alpha value is -4.67. The molecule has 0 aliphatic heterocycles. The van der Waals surface area contributed by atoms with Gasteiger partial charge in [-0.1, -0.05) is 41.4 Å². The van der Waals surface area contributed by atoms with Gasteiger partial charge in [0, 0.05) is 29.9 Å². The molecule has 0 fully saturated rings. The van der Waals surface area contributed by atoms with Crippen molar-refractivity contribution in [1.82, 2.24) is 15.0 Å². The number of rotatable bonds is 7. The van der Waals surface area contributed by atoms with Gasteiger partial charge < -0.3 is 14.2 Å². The van der Waals surface area contributed by atoms with Crippen molar-refractivity contribution < 1.29 is 32.6 Å². The van der Waals surface area contributed by atoms with Crippen molar-refractivity contribution in [3.8, 4) is 23.0 Å². The molecule has 0 N–H and O–H groups in total. The molecule has 0 atom stereocenters. The molecule has 0 aliphatic carbocycles. The van der Waals surface area contributed by atoms with Gasteiger partial charge in [0.05, 0.1) is 11.1 Å². The van der Waals surface area contributed by atoms with E-state index in [9.17, 15) is 18.4 Å². The molecule has 3 aromatic heterocycles. The van der Waals surface area contributed by atoms with E-state index in [1.54, 1.807) is 37.3 Å². The summed E-state index contributed by atoms with van der Waals surface area (Å²) in [4.78, 5) is 37.7. The number of pyridine rings is 3. The number of aryl methyl sites for hydroxylation is 1. The normalized spacial score (nSPS) is 11.0. The fourth-order valence-corrected chi connectivity index (χ4v) is 4.29. The lowest BCUT2D eigenvalue weighted by atomic mass is 10.1. The molecule has 0 spiro atoms. The zero-order valence-electron chi connectivity index (χ0n) is 21.0. The minimum Gasteiger partial charge on any atom is -0.456 e. The van der Waals surface area contributed by atoms with E-state index in [-0.39, 0.29) is 55.3 Å². The fourth-order valence-electron chi connectivity index (χ4n) is 3.87. The van der Waals surface area contributed by atoms with Crippen molar-refractivity contribution >= 4 is 46.0 Å². The van der Waals surface area contributed by atoms with E-state index in [1.807, 2.05) is 0 Å². The van der Waals surface area contributed by atoms with Crippen LogP contribution in [0.3, 0.4) is 0 Å². The van der Waals surface area contributed by atoms with Gasteiger partial charge in [0.1, 0.15) is 44.6 Å². The Bertz CT molecular complexity index is 1790. The van der Waals surface area contributed by atoms with Crippen LogP contribution in [0.15, 0.2) is 79.1 Å². The largest absolute Gasteiger partial charge is 0.456 e. The highest BCUT2D eigenvalue weighted by Gasteiger charge is 2.23. The first-order chi connectivity index (χ1) is 19.7. The number of nitrogens with zero attached hydrogens (tertiary/aromatic N) is 3. The number of carbonyl (C=O) groups is 2. The maximum Gasteiger partial charge on any atom is 0.350 e. The summed E-state index contributed by atoms with van der Waals surface area (Å²) < 4.78 is 44.3. The van der Waals surface area contributed by atoms with Crippen LogP contribution in [0.5, 0.6) is 23.0 Å². The number of alkyl halides is 2. The summed E-state index contributed by atoms with van der Waals surface area (Å²) in [5.74, 6) is -1.47. The molecule has 0 unspecified atom stereocenters. The van der Waals surface area contributed by atoms with Crippen LogP contribution >= 0.6 is 23.2 Å². The topological polar surface area (TPSA) is 100 Å². The molecule has 8 nitrogen and oxygen atoms in total. The number of para-hydroxylation sites is 1. The van der Waals surface area contributed by atoms with E-state index >= 15 is 0 Å². The lowest BCUT2D eigenvalue weighted by Crippen LogP contribution is -2.12. The highest BCUT2D eigenvalue weighted by atomic mass is 35.5. The lowest BCUT2D eigenvalue weighted by Gasteiger charge is -2.15. The number of ether oxygens (including phenoxy) is 3. The van der Waals surface area contributed by atoms with Crippen molar-refractivity contribution in [2.75, 3.05) is 0 Å². The second kappa shape index (κ2) is 11.8. The summed E-state index contributed by atoms with van der Waals surface area (Å²) >= 11 is 12.2. The van der Waals surface area contributed by atoms with E-state index in [0.717, 1.165) is 6.07 Å². The number of halogens is 4. The van der Waals surface area contributed by atoms with E-state index in [1.165, 1.54) is 42.7 Å². The molecule has 0 saturated heterocycles. The third-order valence-electron chi connectivity index (χ3n) is 5.72. The minimum absolute atomic E-state index is 0.0162. The minimum atomic E-state index is -2.94. The molecule has 0 amide bonds. The van der Waals surface area contributed by atoms with Crippen molar-refractivity contribution in [3.63, 3.8) is 0 Å². The number of hydrogen-bond donors (Lipinski definition) is 0. The molecule has 0 radical (unpaired) electrons. The van der Waals surface area contributed by atoms with Gasteiger partial charge in [-0.05, 0) is 48.9 Å². The van der Waals surface area contributed by atoms with Crippen molar-refractivity contribution in [3.05, 3.63) is 112 Å². The Morgan fingerprint density at radius 2 is 1.56 bits per heavy atom. The second-order valence-corrected chi connectivity index (χ2v) is 9.21. The SMILES string of the molecule is Cc1cc(Oc2ccnc(Cl)c2C(=O)Oc2ccccc2)cc2c(OC(=O)c3cccnc3Cl)cc(C(F)F)nc12. The smallest absolute Gasteiger partial charge is 0.350 e. The molecule has 206 valence electrons. The predicted molar refractivity (Wildman–Crippen MR) is 146 cm³/mol. The third-order valence-corrected chi connectivity index (χ3v) is 6.30. The van der Waals surface area contributed by atoms with Crippen LogP contribution in [0.25, 0.3) is 10.9 Å². The van der Waals surface area contributed by atoms with Gasteiger partial charge in [0.2, 0.25) is 0 Å². The molecule has 0 aliphatic rings. The molecule has 12 heteroatoms. The van der Waals surface area contributed by atoms with E-state index in [0.29, 0.717) is 5.56 Å². The molecule has 41 heavy (non-hydrogen) atoms. The molecule has 5 aromatic rings. The van der Waals surface area contributed by atoms with Crippen LogP contribution in [-0.4, -0.2) is 26.9 Å². The predicted octanol–water partition coefficient (Wildman–Crippen LogP) is 7.81. The molecular formula is C29H17Cl2F2N3O5. The van der Waals surface area contributed by atoms with E-state index in [2.05, 4.69) is 15.0 Å². The molecule has 0 saturated carbocycles. The molecule has 5 rings (SSSR count). The monoisotopic (exact) mass is 595 g/mol. The summed E-state index contributed by atoms with van der Waals surface area (Å²) in [6.07, 6.45) is -0.212. The van der Waals surface area contributed by atoms with Gasteiger partial charge in [-0.2, -0.15) is 0 Å². The van der Waals surface area contributed by atoms with Crippen LogP contribution in [0.2, 0.25) is 10.3 Å². The third kappa shape index (κ3) is 6.08. The summed E-state index contributed by atoms with van der Waals surface area (Å²) in [7, 11) is 0. The van der Waals surface area contributed by atoms with Crippen molar-refractivity contribution in [1.29, 1.82) is 0 Å². The first-order valence-electron chi connectivity index (χ1n) is 11.9. The van der Waals surface area contributed by atoms with Crippen LogP contribution in [0, 0.1) is 6.92 Å². The summed E-state index contributed by atoms with van der Waals surface area (Å²) in [5.41, 5.74) is -0.229. The Labute approximate surface area is 241 Å². The van der Waals surface area contributed by atoms with Crippen LogP contribution in [-0.2, 0) is 0 Å². The maximum atomic E-state index is 13.7.